The first-order valence-electron chi connectivity index (χ1n) is 6.36. The van der Waals surface area contributed by atoms with Crippen molar-refractivity contribution in [1.29, 1.82) is 0 Å². The molecule has 1 aliphatic heterocycles. The van der Waals surface area contributed by atoms with Crippen LogP contribution in [0.1, 0.15) is 37.6 Å². The third-order valence-corrected chi connectivity index (χ3v) is 5.44. The molecule has 2 heterocycles. The molecule has 0 saturated carbocycles. The van der Waals surface area contributed by atoms with Crippen molar-refractivity contribution in [2.24, 2.45) is 4.40 Å². The van der Waals surface area contributed by atoms with E-state index in [2.05, 4.69) is 26.9 Å². The number of hydrogen-bond donors (Lipinski definition) is 2. The van der Waals surface area contributed by atoms with Gasteiger partial charge in [0.15, 0.2) is 10.0 Å². The lowest BCUT2D eigenvalue weighted by atomic mass is 10.2. The van der Waals surface area contributed by atoms with Gasteiger partial charge in [0.2, 0.25) is 5.96 Å². The predicted molar refractivity (Wildman–Crippen MR) is 77.2 cm³/mol. The Morgan fingerprint density at radius 1 is 1.32 bits per heavy atom. The molecule has 0 aromatic carbocycles. The molecule has 2 rings (SSSR count). The van der Waals surface area contributed by atoms with Gasteiger partial charge in [-0.15, -0.1) is 15.7 Å². The molecular formula is C11H18N4O2S2. The van der Waals surface area contributed by atoms with Crippen LogP contribution in [0.2, 0.25) is 0 Å². The molecule has 0 fully saturated rings. The maximum Gasteiger partial charge on any atom is 0.298 e. The van der Waals surface area contributed by atoms with Crippen LogP contribution in [0.5, 0.6) is 0 Å². The highest BCUT2D eigenvalue weighted by atomic mass is 32.2. The molecule has 0 spiro atoms. The van der Waals surface area contributed by atoms with Crippen molar-refractivity contribution in [3.8, 4) is 0 Å². The Kier molecular flexibility index (Phi) is 4.41. The average molecular weight is 302 g/mol. The molecule has 0 radical (unpaired) electrons. The van der Waals surface area contributed by atoms with Crippen molar-refractivity contribution in [2.75, 3.05) is 11.9 Å². The molecule has 0 amide bonds. The van der Waals surface area contributed by atoms with Crippen LogP contribution >= 0.6 is 11.3 Å². The van der Waals surface area contributed by atoms with Crippen LogP contribution in [-0.4, -0.2) is 25.9 Å². The zero-order chi connectivity index (χ0) is 13.9. The van der Waals surface area contributed by atoms with Gasteiger partial charge in [-0.25, -0.2) is 4.98 Å². The number of thiazole rings is 1. The second-order valence-corrected chi connectivity index (χ2v) is 7.40. The van der Waals surface area contributed by atoms with E-state index in [9.17, 15) is 8.42 Å². The number of aromatic nitrogens is 1. The Hall–Kier alpha value is -1.15. The van der Waals surface area contributed by atoms with E-state index in [1.54, 1.807) is 6.92 Å². The lowest BCUT2D eigenvalue weighted by Gasteiger charge is -2.15. The number of aryl methyl sites for hydroxylation is 1. The molecule has 19 heavy (non-hydrogen) atoms. The summed E-state index contributed by atoms with van der Waals surface area (Å²) in [7, 11) is -3.60. The van der Waals surface area contributed by atoms with Gasteiger partial charge in [0.25, 0.3) is 10.0 Å². The Labute approximate surface area is 117 Å². The first-order valence-corrected chi connectivity index (χ1v) is 8.62. The topological polar surface area (TPSA) is 83.5 Å². The molecule has 1 aromatic heterocycles. The van der Waals surface area contributed by atoms with E-state index < -0.39 is 10.0 Å². The van der Waals surface area contributed by atoms with E-state index in [1.807, 2.05) is 0 Å². The lowest BCUT2D eigenvalue weighted by Crippen LogP contribution is -2.35. The van der Waals surface area contributed by atoms with Crippen LogP contribution in [0.3, 0.4) is 0 Å². The number of sulfonamides is 1. The van der Waals surface area contributed by atoms with Crippen LogP contribution in [-0.2, 0) is 10.0 Å². The number of hydrogen-bond acceptors (Lipinski definition) is 6. The van der Waals surface area contributed by atoms with Gasteiger partial charge in [-0.3, -0.25) is 0 Å². The summed E-state index contributed by atoms with van der Waals surface area (Å²) in [6.07, 6.45) is 4.49. The van der Waals surface area contributed by atoms with Gasteiger partial charge in [-0.1, -0.05) is 26.2 Å². The summed E-state index contributed by atoms with van der Waals surface area (Å²) in [4.78, 5) is 4.16. The van der Waals surface area contributed by atoms with Gasteiger partial charge in [-0.05, 0) is 13.3 Å². The van der Waals surface area contributed by atoms with Gasteiger partial charge in [0.05, 0.1) is 5.01 Å². The predicted octanol–water partition coefficient (Wildman–Crippen LogP) is 2.09. The molecule has 1 aromatic rings. The first kappa shape index (κ1) is 14.3. The van der Waals surface area contributed by atoms with E-state index in [-0.39, 0.29) is 10.2 Å². The van der Waals surface area contributed by atoms with E-state index in [0.29, 0.717) is 17.4 Å². The summed E-state index contributed by atoms with van der Waals surface area (Å²) in [6.45, 7) is 4.64. The fraction of sp³-hybridized carbons (Fsp3) is 0.636. The quantitative estimate of drug-likeness (QED) is 0.814. The number of anilines is 1. The fourth-order valence-corrected chi connectivity index (χ4v) is 4.06. The Morgan fingerprint density at radius 2 is 2.11 bits per heavy atom. The number of unbranched alkanes of at least 4 members (excludes halogenated alkanes) is 3. The zero-order valence-electron chi connectivity index (χ0n) is 11.1. The summed E-state index contributed by atoms with van der Waals surface area (Å²) in [6, 6.07) is 0. The summed E-state index contributed by atoms with van der Waals surface area (Å²) in [5, 5.41) is 6.64. The maximum atomic E-state index is 11.9. The van der Waals surface area contributed by atoms with Crippen molar-refractivity contribution in [3.63, 3.8) is 0 Å². The number of guanidine groups is 1. The third-order valence-electron chi connectivity index (χ3n) is 2.71. The zero-order valence-corrected chi connectivity index (χ0v) is 12.7. The third kappa shape index (κ3) is 3.44. The molecule has 8 heteroatoms. The molecule has 106 valence electrons. The van der Waals surface area contributed by atoms with Crippen LogP contribution in [0, 0.1) is 6.92 Å². The summed E-state index contributed by atoms with van der Waals surface area (Å²) < 4.78 is 27.8. The Balaban J connectivity index is 1.99. The van der Waals surface area contributed by atoms with Crippen LogP contribution < -0.4 is 10.6 Å². The smallest absolute Gasteiger partial charge is 0.298 e. The summed E-state index contributed by atoms with van der Waals surface area (Å²) >= 11 is 1.14. The average Bonchev–Trinajstić information content (AvgIpc) is 2.70. The number of nitrogens with zero attached hydrogens (tertiary/aromatic N) is 2. The molecule has 0 saturated heterocycles. The van der Waals surface area contributed by atoms with Crippen LogP contribution in [0.25, 0.3) is 0 Å². The normalized spacial score (nSPS) is 16.4. The lowest BCUT2D eigenvalue weighted by molar-refractivity contribution is 0.598. The van der Waals surface area contributed by atoms with Crippen molar-refractivity contribution in [3.05, 3.63) is 5.01 Å². The maximum absolute atomic E-state index is 11.9. The van der Waals surface area contributed by atoms with E-state index in [1.165, 1.54) is 12.8 Å². The van der Waals surface area contributed by atoms with Gasteiger partial charge in [0, 0.05) is 6.54 Å². The van der Waals surface area contributed by atoms with Gasteiger partial charge < -0.3 is 10.6 Å². The summed E-state index contributed by atoms with van der Waals surface area (Å²) in [5.74, 6) is 0.655. The standard InChI is InChI=1S/C11H18N4O2S2/c1-3-4-5-6-7-12-11-14-9-10(18-8(2)13-9)19(16,17)15-11/h3-7H2,1-2H3,(H2,12,14,15). The number of fused-ring (bicyclic) bond motifs is 1. The Bertz CT molecular complexity index is 578. The SMILES string of the molecule is CCCCCCNC1=NS(=O)(=O)c2sc(C)nc2N1. The highest BCUT2D eigenvalue weighted by Gasteiger charge is 2.28. The number of rotatable bonds is 5. The fourth-order valence-electron chi connectivity index (χ4n) is 1.79. The minimum Gasteiger partial charge on any atom is -0.355 e. The van der Waals surface area contributed by atoms with E-state index in [4.69, 9.17) is 0 Å². The molecular weight excluding hydrogens is 284 g/mol. The molecule has 6 nitrogen and oxygen atoms in total. The van der Waals surface area contributed by atoms with Gasteiger partial charge in [-0.2, -0.15) is 8.42 Å². The van der Waals surface area contributed by atoms with Crippen LogP contribution in [0.15, 0.2) is 8.61 Å². The largest absolute Gasteiger partial charge is 0.355 e. The first-order chi connectivity index (χ1) is 9.03. The second-order valence-electron chi connectivity index (χ2n) is 4.40. The Morgan fingerprint density at radius 3 is 2.84 bits per heavy atom. The highest BCUT2D eigenvalue weighted by Crippen LogP contribution is 2.31. The van der Waals surface area contributed by atoms with E-state index in [0.717, 1.165) is 24.2 Å². The molecule has 2 N–H and O–H groups in total. The molecule has 0 atom stereocenters. The molecule has 1 aliphatic rings. The van der Waals surface area contributed by atoms with Gasteiger partial charge in [0.1, 0.15) is 0 Å². The second kappa shape index (κ2) is 5.87. The van der Waals surface area contributed by atoms with Crippen molar-refractivity contribution < 1.29 is 8.42 Å². The van der Waals surface area contributed by atoms with Crippen molar-refractivity contribution >= 4 is 33.1 Å². The van der Waals surface area contributed by atoms with Gasteiger partial charge >= 0.3 is 0 Å². The van der Waals surface area contributed by atoms with Crippen molar-refractivity contribution in [1.82, 2.24) is 10.3 Å². The monoisotopic (exact) mass is 302 g/mol. The molecule has 0 bridgehead atoms. The molecule has 0 aliphatic carbocycles. The molecule has 0 unspecified atom stereocenters. The van der Waals surface area contributed by atoms with Crippen molar-refractivity contribution in [2.45, 2.75) is 43.7 Å². The minimum absolute atomic E-state index is 0.196. The minimum atomic E-state index is -3.60. The summed E-state index contributed by atoms with van der Waals surface area (Å²) in [5.41, 5.74) is 0. The van der Waals surface area contributed by atoms with E-state index >= 15 is 0 Å². The van der Waals surface area contributed by atoms with Crippen LogP contribution in [0.4, 0.5) is 5.82 Å². The number of nitrogens with one attached hydrogen (secondary N) is 2. The highest BCUT2D eigenvalue weighted by molar-refractivity contribution is 7.92.